The van der Waals surface area contributed by atoms with Gasteiger partial charge in [0, 0.05) is 23.8 Å². The lowest BCUT2D eigenvalue weighted by molar-refractivity contribution is -0.113. The maximum Gasteiger partial charge on any atom is 0.287 e. The van der Waals surface area contributed by atoms with Crippen molar-refractivity contribution in [3.8, 4) is 11.4 Å². The van der Waals surface area contributed by atoms with Crippen molar-refractivity contribution < 1.29 is 9.53 Å². The van der Waals surface area contributed by atoms with Gasteiger partial charge in [-0.3, -0.25) is 14.2 Å². The Morgan fingerprint density at radius 2 is 1.88 bits per heavy atom. The van der Waals surface area contributed by atoms with Crippen LogP contribution in [0, 0.1) is 0 Å². The minimum atomic E-state index is -0.249. The molecule has 1 aromatic heterocycles. The molecule has 3 aromatic rings. The van der Waals surface area contributed by atoms with Gasteiger partial charge in [-0.2, -0.15) is 0 Å². The monoisotopic (exact) mass is 367 g/mol. The van der Waals surface area contributed by atoms with Gasteiger partial charge in [0.1, 0.15) is 5.75 Å². The molecule has 0 spiro atoms. The average molecular weight is 367 g/mol. The van der Waals surface area contributed by atoms with Gasteiger partial charge >= 0.3 is 0 Å². The van der Waals surface area contributed by atoms with Crippen LogP contribution in [0.5, 0.6) is 5.75 Å². The maximum atomic E-state index is 12.5. The Hall–Kier alpha value is -3.06. The molecule has 132 valence electrons. The summed E-state index contributed by atoms with van der Waals surface area (Å²) in [6.45, 7) is 0. The molecular formula is C19H17N3O3S. The van der Waals surface area contributed by atoms with Crippen molar-refractivity contribution in [2.24, 2.45) is 0 Å². The molecule has 0 radical (unpaired) electrons. The molecule has 0 bridgehead atoms. The van der Waals surface area contributed by atoms with Crippen LogP contribution in [-0.4, -0.2) is 28.3 Å². The fourth-order valence-corrected chi connectivity index (χ4v) is 2.99. The second-order valence-corrected chi connectivity index (χ2v) is 6.27. The van der Waals surface area contributed by atoms with Gasteiger partial charge in [-0.15, -0.1) is 0 Å². The molecule has 2 aromatic carbocycles. The molecule has 1 amide bonds. The Bertz CT molecular complexity index is 940. The van der Waals surface area contributed by atoms with Crippen LogP contribution < -0.4 is 15.6 Å². The number of rotatable bonds is 6. The molecule has 7 heteroatoms. The van der Waals surface area contributed by atoms with Crippen LogP contribution in [0.4, 0.5) is 5.69 Å². The number of amides is 1. The number of aromatic nitrogens is 2. The third-order valence-corrected chi connectivity index (χ3v) is 4.52. The van der Waals surface area contributed by atoms with Crippen LogP contribution in [-0.2, 0) is 4.79 Å². The van der Waals surface area contributed by atoms with Crippen LogP contribution >= 0.6 is 11.8 Å². The zero-order valence-electron chi connectivity index (χ0n) is 14.1. The zero-order valence-corrected chi connectivity index (χ0v) is 14.9. The number of carbonyl (C=O) groups excluding carboxylic acids is 1. The fourth-order valence-electron chi connectivity index (χ4n) is 2.29. The number of nitrogens with zero attached hydrogens (tertiary/aromatic N) is 2. The normalized spacial score (nSPS) is 10.3. The van der Waals surface area contributed by atoms with E-state index in [-0.39, 0.29) is 22.2 Å². The van der Waals surface area contributed by atoms with Crippen molar-refractivity contribution in [3.05, 3.63) is 77.3 Å². The Balaban J connectivity index is 1.66. The number of hydrogen-bond acceptors (Lipinski definition) is 5. The topological polar surface area (TPSA) is 73.2 Å². The zero-order chi connectivity index (χ0) is 18.4. The molecule has 0 fully saturated rings. The number of thioether (sulfide) groups is 1. The molecule has 1 N–H and O–H groups in total. The lowest BCUT2D eigenvalue weighted by atomic mass is 10.3. The van der Waals surface area contributed by atoms with Gasteiger partial charge in [-0.1, -0.05) is 30.0 Å². The molecule has 0 atom stereocenters. The number of methoxy groups -OCH3 is 1. The number of hydrogen-bond donors (Lipinski definition) is 1. The third-order valence-electron chi connectivity index (χ3n) is 3.56. The van der Waals surface area contributed by atoms with E-state index in [1.165, 1.54) is 4.57 Å². The highest BCUT2D eigenvalue weighted by atomic mass is 32.2. The SMILES string of the molecule is COc1ccc(NC(=O)CSc2nccn(-c3ccccc3)c2=O)cc1. The fraction of sp³-hybridized carbons (Fsp3) is 0.105. The van der Waals surface area contributed by atoms with Crippen LogP contribution in [0.15, 0.2) is 76.8 Å². The van der Waals surface area contributed by atoms with Crippen molar-refractivity contribution in [2.75, 3.05) is 18.2 Å². The summed E-state index contributed by atoms with van der Waals surface area (Å²) in [5.74, 6) is 0.594. The van der Waals surface area contributed by atoms with Gasteiger partial charge in [0.15, 0.2) is 5.03 Å². The second-order valence-electron chi connectivity index (χ2n) is 5.31. The van der Waals surface area contributed by atoms with Crippen LogP contribution in [0.25, 0.3) is 5.69 Å². The van der Waals surface area contributed by atoms with Gasteiger partial charge in [0.2, 0.25) is 5.91 Å². The third kappa shape index (κ3) is 4.31. The number of nitrogens with one attached hydrogen (secondary N) is 1. The molecule has 0 saturated carbocycles. The van der Waals surface area contributed by atoms with E-state index in [0.717, 1.165) is 17.4 Å². The molecule has 3 rings (SSSR count). The first-order valence-electron chi connectivity index (χ1n) is 7.87. The highest BCUT2D eigenvalue weighted by Gasteiger charge is 2.10. The van der Waals surface area contributed by atoms with Gasteiger partial charge in [-0.05, 0) is 36.4 Å². The number of anilines is 1. The highest BCUT2D eigenvalue weighted by molar-refractivity contribution is 7.99. The van der Waals surface area contributed by atoms with Gasteiger partial charge in [-0.25, -0.2) is 4.98 Å². The van der Waals surface area contributed by atoms with Crippen molar-refractivity contribution in [1.82, 2.24) is 9.55 Å². The standard InChI is InChI=1S/C19H17N3O3S/c1-25-16-9-7-14(8-10-16)21-17(23)13-26-18-19(24)22(12-11-20-18)15-5-3-2-4-6-15/h2-12H,13H2,1H3,(H,21,23). The van der Waals surface area contributed by atoms with E-state index in [4.69, 9.17) is 4.74 Å². The molecule has 0 aliphatic rings. The second kappa shape index (κ2) is 8.35. The summed E-state index contributed by atoms with van der Waals surface area (Å²) in [6, 6.07) is 16.3. The van der Waals surface area contributed by atoms with E-state index in [9.17, 15) is 9.59 Å². The van der Waals surface area contributed by atoms with E-state index in [2.05, 4.69) is 10.3 Å². The number of ether oxygens (including phenoxy) is 1. The minimum absolute atomic E-state index is 0.0903. The molecule has 0 aliphatic heterocycles. The quantitative estimate of drug-likeness (QED) is 0.678. The Morgan fingerprint density at radius 3 is 2.58 bits per heavy atom. The summed E-state index contributed by atoms with van der Waals surface area (Å²) in [5, 5.41) is 3.06. The Labute approximate surface area is 154 Å². The summed E-state index contributed by atoms with van der Waals surface area (Å²) in [7, 11) is 1.58. The Morgan fingerprint density at radius 1 is 1.15 bits per heavy atom. The number of carbonyl (C=O) groups is 1. The largest absolute Gasteiger partial charge is 0.497 e. The molecule has 26 heavy (non-hydrogen) atoms. The summed E-state index contributed by atoms with van der Waals surface area (Å²) in [4.78, 5) is 28.8. The van der Waals surface area contributed by atoms with Crippen molar-refractivity contribution in [1.29, 1.82) is 0 Å². The predicted molar refractivity (Wildman–Crippen MR) is 102 cm³/mol. The van der Waals surface area contributed by atoms with E-state index in [0.29, 0.717) is 11.4 Å². The average Bonchev–Trinajstić information content (AvgIpc) is 2.68. The van der Waals surface area contributed by atoms with E-state index in [1.807, 2.05) is 30.3 Å². The van der Waals surface area contributed by atoms with Crippen molar-refractivity contribution in [2.45, 2.75) is 5.03 Å². The smallest absolute Gasteiger partial charge is 0.287 e. The first-order valence-corrected chi connectivity index (χ1v) is 8.86. The lowest BCUT2D eigenvalue weighted by Gasteiger charge is -2.08. The van der Waals surface area contributed by atoms with Crippen molar-refractivity contribution in [3.63, 3.8) is 0 Å². The van der Waals surface area contributed by atoms with Gasteiger partial charge in [0.05, 0.1) is 12.9 Å². The van der Waals surface area contributed by atoms with Crippen molar-refractivity contribution >= 4 is 23.4 Å². The van der Waals surface area contributed by atoms with Gasteiger partial charge in [0.25, 0.3) is 5.56 Å². The van der Waals surface area contributed by atoms with Crippen LogP contribution in [0.2, 0.25) is 0 Å². The number of para-hydroxylation sites is 1. The van der Waals surface area contributed by atoms with E-state index in [1.54, 1.807) is 43.8 Å². The van der Waals surface area contributed by atoms with E-state index < -0.39 is 0 Å². The first kappa shape index (κ1) is 17.8. The minimum Gasteiger partial charge on any atom is -0.497 e. The molecule has 0 saturated heterocycles. The lowest BCUT2D eigenvalue weighted by Crippen LogP contribution is -2.22. The Kier molecular flexibility index (Phi) is 5.70. The maximum absolute atomic E-state index is 12.5. The molecule has 1 heterocycles. The summed E-state index contributed by atoms with van der Waals surface area (Å²) >= 11 is 1.11. The summed E-state index contributed by atoms with van der Waals surface area (Å²) in [6.07, 6.45) is 3.16. The summed E-state index contributed by atoms with van der Waals surface area (Å²) in [5.41, 5.74) is 1.17. The van der Waals surface area contributed by atoms with Crippen LogP contribution in [0.1, 0.15) is 0 Å². The molecule has 0 aliphatic carbocycles. The first-order chi connectivity index (χ1) is 12.7. The highest BCUT2D eigenvalue weighted by Crippen LogP contribution is 2.16. The van der Waals surface area contributed by atoms with E-state index >= 15 is 0 Å². The summed E-state index contributed by atoms with van der Waals surface area (Å²) < 4.78 is 6.59. The molecule has 0 unspecified atom stereocenters. The van der Waals surface area contributed by atoms with Crippen LogP contribution in [0.3, 0.4) is 0 Å². The number of benzene rings is 2. The molecular weight excluding hydrogens is 350 g/mol. The predicted octanol–water partition coefficient (Wildman–Crippen LogP) is 2.97. The van der Waals surface area contributed by atoms with Gasteiger partial charge < -0.3 is 10.1 Å². The molecule has 6 nitrogen and oxygen atoms in total.